The van der Waals surface area contributed by atoms with Gasteiger partial charge in [-0.05, 0) is 36.6 Å². The summed E-state index contributed by atoms with van der Waals surface area (Å²) in [5.74, 6) is -0.439. The van der Waals surface area contributed by atoms with Crippen LogP contribution in [0.4, 0.5) is 0 Å². The number of amides is 1. The van der Waals surface area contributed by atoms with E-state index in [-0.39, 0.29) is 11.7 Å². The number of nitrogens with zero attached hydrogens (tertiary/aromatic N) is 1. The van der Waals surface area contributed by atoms with E-state index in [0.717, 1.165) is 15.8 Å². The zero-order chi connectivity index (χ0) is 16.6. The summed E-state index contributed by atoms with van der Waals surface area (Å²) >= 11 is 1.30. The number of thiazole rings is 1. The number of rotatable bonds is 3. The molecule has 0 radical (unpaired) electrons. The Labute approximate surface area is 139 Å². The van der Waals surface area contributed by atoms with Crippen LogP contribution in [0, 0.1) is 13.8 Å². The van der Waals surface area contributed by atoms with Crippen LogP contribution in [0.25, 0.3) is 10.4 Å². The Balaban J connectivity index is 1.75. The second kappa shape index (κ2) is 5.90. The number of nitrogens with one attached hydrogen (secondary N) is 1. The van der Waals surface area contributed by atoms with Crippen molar-refractivity contribution in [2.45, 2.75) is 19.9 Å². The molecule has 0 aliphatic carbocycles. The zero-order valence-corrected chi connectivity index (χ0v) is 14.4. The Morgan fingerprint density at radius 1 is 1.30 bits per heavy atom. The fourth-order valence-electron chi connectivity index (χ4n) is 2.30. The molecule has 23 heavy (non-hydrogen) atoms. The summed E-state index contributed by atoms with van der Waals surface area (Å²) in [4.78, 5) is 17.3. The molecule has 2 aromatic rings. The molecule has 1 N–H and O–H groups in total. The van der Waals surface area contributed by atoms with Gasteiger partial charge in [-0.15, -0.1) is 11.3 Å². The van der Waals surface area contributed by atoms with E-state index >= 15 is 0 Å². The molecule has 5 nitrogen and oxygen atoms in total. The lowest BCUT2D eigenvalue weighted by molar-refractivity contribution is 0.0947. The average Bonchev–Trinajstić information content (AvgIpc) is 3.09. The van der Waals surface area contributed by atoms with E-state index in [9.17, 15) is 13.2 Å². The lowest BCUT2D eigenvalue weighted by atomic mass is 10.1. The van der Waals surface area contributed by atoms with Crippen molar-refractivity contribution in [3.63, 3.8) is 0 Å². The second-order valence-corrected chi connectivity index (χ2v) is 8.53. The summed E-state index contributed by atoms with van der Waals surface area (Å²) in [5, 5.41) is 4.15. The standard InChI is InChI=1S/C16H16N2O3S2/c1-10-3-4-12(7-11(10)2)14-8-17-16(22-14)15(19)18-13-5-6-23(20,21)9-13/h3-8,13H,9H2,1-2H3,(H,18,19)/t13-/m1/s1. The molecule has 1 aliphatic rings. The van der Waals surface area contributed by atoms with Crippen molar-refractivity contribution in [1.29, 1.82) is 0 Å². The lowest BCUT2D eigenvalue weighted by Crippen LogP contribution is -2.35. The van der Waals surface area contributed by atoms with Gasteiger partial charge < -0.3 is 5.32 Å². The maximum absolute atomic E-state index is 12.2. The van der Waals surface area contributed by atoms with Crippen molar-refractivity contribution in [1.82, 2.24) is 10.3 Å². The van der Waals surface area contributed by atoms with Gasteiger partial charge in [0, 0.05) is 11.6 Å². The van der Waals surface area contributed by atoms with Gasteiger partial charge in [-0.25, -0.2) is 13.4 Å². The third-order valence-electron chi connectivity index (χ3n) is 3.74. The number of benzene rings is 1. The van der Waals surface area contributed by atoms with Crippen LogP contribution in [0.5, 0.6) is 0 Å². The molecule has 1 aliphatic heterocycles. The van der Waals surface area contributed by atoms with E-state index in [1.807, 2.05) is 26.0 Å². The minimum Gasteiger partial charge on any atom is -0.343 e. The monoisotopic (exact) mass is 348 g/mol. The van der Waals surface area contributed by atoms with E-state index in [2.05, 4.69) is 16.4 Å². The Kier molecular flexibility index (Phi) is 4.08. The predicted octanol–water partition coefficient (Wildman–Crippen LogP) is 2.47. The summed E-state index contributed by atoms with van der Waals surface area (Å²) in [5.41, 5.74) is 3.42. The van der Waals surface area contributed by atoms with Gasteiger partial charge in [-0.2, -0.15) is 0 Å². The predicted molar refractivity (Wildman–Crippen MR) is 91.2 cm³/mol. The molecule has 1 atom stereocenters. The Morgan fingerprint density at radius 2 is 2.09 bits per heavy atom. The highest BCUT2D eigenvalue weighted by Crippen LogP contribution is 2.27. The van der Waals surface area contributed by atoms with Crippen LogP contribution in [0.1, 0.15) is 20.9 Å². The van der Waals surface area contributed by atoms with Crippen LogP contribution in [0.3, 0.4) is 0 Å². The van der Waals surface area contributed by atoms with Crippen molar-refractivity contribution in [2.75, 3.05) is 5.75 Å². The molecule has 1 amide bonds. The van der Waals surface area contributed by atoms with Crippen molar-refractivity contribution in [2.24, 2.45) is 0 Å². The molecule has 2 heterocycles. The first kappa shape index (κ1) is 15.9. The Hall–Kier alpha value is -1.99. The summed E-state index contributed by atoms with van der Waals surface area (Å²) in [6.45, 7) is 4.09. The van der Waals surface area contributed by atoms with Crippen LogP contribution < -0.4 is 5.32 Å². The van der Waals surface area contributed by atoms with Gasteiger partial charge >= 0.3 is 0 Å². The first-order valence-corrected chi connectivity index (χ1v) is 9.62. The van der Waals surface area contributed by atoms with Gasteiger partial charge in [0.2, 0.25) is 0 Å². The molecule has 120 valence electrons. The van der Waals surface area contributed by atoms with Crippen LogP contribution >= 0.6 is 11.3 Å². The van der Waals surface area contributed by atoms with E-state index < -0.39 is 15.9 Å². The summed E-state index contributed by atoms with van der Waals surface area (Å²) in [7, 11) is -3.18. The van der Waals surface area contributed by atoms with Gasteiger partial charge in [0.1, 0.15) is 0 Å². The molecule has 7 heteroatoms. The van der Waals surface area contributed by atoms with E-state index in [1.165, 1.54) is 28.5 Å². The van der Waals surface area contributed by atoms with Gasteiger partial charge in [0.25, 0.3) is 5.91 Å². The number of carbonyl (C=O) groups excluding carboxylic acids is 1. The van der Waals surface area contributed by atoms with E-state index in [1.54, 1.807) is 6.20 Å². The molecular formula is C16H16N2O3S2. The number of hydrogen-bond donors (Lipinski definition) is 1. The quantitative estimate of drug-likeness (QED) is 0.924. The van der Waals surface area contributed by atoms with E-state index in [0.29, 0.717) is 5.01 Å². The highest BCUT2D eigenvalue weighted by molar-refractivity contribution is 7.94. The van der Waals surface area contributed by atoms with Gasteiger partial charge in [0.05, 0.1) is 16.7 Å². The molecule has 1 aromatic carbocycles. The third kappa shape index (κ3) is 3.51. The first-order chi connectivity index (χ1) is 10.8. The lowest BCUT2D eigenvalue weighted by Gasteiger charge is -2.07. The fourth-order valence-corrected chi connectivity index (χ4v) is 4.35. The number of hydrogen-bond acceptors (Lipinski definition) is 5. The largest absolute Gasteiger partial charge is 0.343 e. The van der Waals surface area contributed by atoms with Crippen molar-refractivity contribution in [3.05, 3.63) is 52.0 Å². The topological polar surface area (TPSA) is 76.1 Å². The SMILES string of the molecule is Cc1ccc(-c2cnc(C(=O)N[C@@H]3C=CS(=O)(=O)C3)s2)cc1C. The maximum Gasteiger partial charge on any atom is 0.280 e. The van der Waals surface area contributed by atoms with Crippen LogP contribution in [-0.2, 0) is 9.84 Å². The van der Waals surface area contributed by atoms with Gasteiger partial charge in [0.15, 0.2) is 14.8 Å². The summed E-state index contributed by atoms with van der Waals surface area (Å²) in [6.07, 6.45) is 3.16. The molecular weight excluding hydrogens is 332 g/mol. The summed E-state index contributed by atoms with van der Waals surface area (Å²) in [6, 6.07) is 5.63. The van der Waals surface area contributed by atoms with Gasteiger partial charge in [-0.1, -0.05) is 18.2 Å². The molecule has 0 bridgehead atoms. The maximum atomic E-state index is 12.2. The number of aromatic nitrogens is 1. The van der Waals surface area contributed by atoms with Crippen LogP contribution in [0.15, 0.2) is 35.9 Å². The van der Waals surface area contributed by atoms with Crippen molar-refractivity contribution in [3.8, 4) is 10.4 Å². The highest BCUT2D eigenvalue weighted by atomic mass is 32.2. The minimum atomic E-state index is -3.18. The Bertz CT molecular complexity index is 898. The average molecular weight is 348 g/mol. The van der Waals surface area contributed by atoms with Gasteiger partial charge in [-0.3, -0.25) is 4.79 Å². The molecule has 1 aromatic heterocycles. The number of sulfone groups is 1. The van der Waals surface area contributed by atoms with Crippen LogP contribution in [-0.4, -0.2) is 31.1 Å². The highest BCUT2D eigenvalue weighted by Gasteiger charge is 2.24. The molecule has 0 unspecified atom stereocenters. The fraction of sp³-hybridized carbons (Fsp3) is 0.250. The molecule has 0 saturated carbocycles. The minimum absolute atomic E-state index is 0.0892. The van der Waals surface area contributed by atoms with E-state index in [4.69, 9.17) is 0 Å². The van der Waals surface area contributed by atoms with Crippen molar-refractivity contribution >= 4 is 27.1 Å². The summed E-state index contributed by atoms with van der Waals surface area (Å²) < 4.78 is 22.7. The molecule has 0 fully saturated rings. The smallest absolute Gasteiger partial charge is 0.280 e. The third-order valence-corrected chi connectivity index (χ3v) is 6.18. The Morgan fingerprint density at radius 3 is 2.74 bits per heavy atom. The molecule has 0 saturated heterocycles. The molecule has 3 rings (SSSR count). The zero-order valence-electron chi connectivity index (χ0n) is 12.7. The molecule has 0 spiro atoms. The van der Waals surface area contributed by atoms with Crippen molar-refractivity contribution < 1.29 is 13.2 Å². The number of carbonyl (C=O) groups is 1. The number of aryl methyl sites for hydroxylation is 2. The first-order valence-electron chi connectivity index (χ1n) is 7.09. The van der Waals surface area contributed by atoms with Crippen LogP contribution in [0.2, 0.25) is 0 Å². The normalized spacial score (nSPS) is 19.0. The second-order valence-electron chi connectivity index (χ2n) is 5.57.